The highest BCUT2D eigenvalue weighted by atomic mass is 35.5. The molecule has 1 aromatic carbocycles. The van der Waals surface area contributed by atoms with E-state index in [0.29, 0.717) is 24.4 Å². The summed E-state index contributed by atoms with van der Waals surface area (Å²) < 4.78 is 29.6. The van der Waals surface area contributed by atoms with Crippen LogP contribution in [-0.2, 0) is 23.0 Å². The van der Waals surface area contributed by atoms with Crippen LogP contribution < -0.4 is 15.8 Å². The lowest BCUT2D eigenvalue weighted by atomic mass is 10.1. The maximum absolute atomic E-state index is 11.9. The number of nitrogen functional groups attached to an aromatic ring is 1. The third-order valence-corrected chi connectivity index (χ3v) is 3.74. The monoisotopic (exact) mass is 373 g/mol. The lowest BCUT2D eigenvalue weighted by Gasteiger charge is -2.04. The number of nitrogens with two attached hydrogens (primary N) is 1. The van der Waals surface area contributed by atoms with Gasteiger partial charge in [-0.1, -0.05) is 12.1 Å². The fraction of sp³-hybridized carbons (Fsp3) is 0.267. The SMILES string of the molecule is CS(=O)(=O)NCc1ccc(C(=O)NCCc2ccc(N)cc2)o1.Cl. The molecular weight excluding hydrogens is 354 g/mol. The van der Waals surface area contributed by atoms with E-state index < -0.39 is 10.0 Å². The zero-order chi connectivity index (χ0) is 16.9. The van der Waals surface area contributed by atoms with Crippen LogP contribution in [0.2, 0.25) is 0 Å². The molecule has 0 saturated heterocycles. The van der Waals surface area contributed by atoms with Gasteiger partial charge in [-0.05, 0) is 36.2 Å². The van der Waals surface area contributed by atoms with E-state index in [1.165, 1.54) is 6.07 Å². The summed E-state index contributed by atoms with van der Waals surface area (Å²) in [5.41, 5.74) is 7.37. The number of hydrogen-bond acceptors (Lipinski definition) is 5. The van der Waals surface area contributed by atoms with Crippen LogP contribution in [0, 0.1) is 0 Å². The fourth-order valence-corrected chi connectivity index (χ4v) is 2.29. The van der Waals surface area contributed by atoms with Crippen LogP contribution in [0.25, 0.3) is 0 Å². The standard InChI is InChI=1S/C15H19N3O4S.ClH/c1-23(20,21)18-10-13-6-7-14(22-13)15(19)17-9-8-11-2-4-12(16)5-3-11;/h2-7,18H,8-10,16H2,1H3,(H,17,19);1H. The highest BCUT2D eigenvalue weighted by Gasteiger charge is 2.11. The van der Waals surface area contributed by atoms with Crippen molar-refractivity contribution in [1.82, 2.24) is 10.0 Å². The molecule has 7 nitrogen and oxygen atoms in total. The molecule has 0 aliphatic rings. The molecule has 1 aromatic heterocycles. The number of amides is 1. The summed E-state index contributed by atoms with van der Waals surface area (Å²) in [5.74, 6) is 0.178. The highest BCUT2D eigenvalue weighted by molar-refractivity contribution is 7.88. The maximum atomic E-state index is 11.9. The third kappa shape index (κ3) is 6.61. The van der Waals surface area contributed by atoms with Gasteiger partial charge in [-0.15, -0.1) is 12.4 Å². The van der Waals surface area contributed by atoms with E-state index in [9.17, 15) is 13.2 Å². The minimum atomic E-state index is -3.30. The predicted molar refractivity (Wildman–Crippen MR) is 94.5 cm³/mol. The molecule has 132 valence electrons. The molecule has 9 heteroatoms. The molecule has 2 rings (SSSR count). The van der Waals surface area contributed by atoms with Gasteiger partial charge < -0.3 is 15.5 Å². The van der Waals surface area contributed by atoms with Crippen molar-refractivity contribution in [1.29, 1.82) is 0 Å². The number of sulfonamides is 1. The van der Waals surface area contributed by atoms with E-state index in [1.54, 1.807) is 6.07 Å². The summed E-state index contributed by atoms with van der Waals surface area (Å²) in [4.78, 5) is 11.9. The van der Waals surface area contributed by atoms with Crippen LogP contribution in [-0.4, -0.2) is 27.1 Å². The third-order valence-electron chi connectivity index (χ3n) is 3.07. The normalized spacial score (nSPS) is 10.9. The molecule has 0 spiro atoms. The highest BCUT2D eigenvalue weighted by Crippen LogP contribution is 2.09. The number of furan rings is 1. The first kappa shape index (κ1) is 20.0. The van der Waals surface area contributed by atoms with E-state index in [1.807, 2.05) is 24.3 Å². The van der Waals surface area contributed by atoms with Gasteiger partial charge >= 0.3 is 0 Å². The summed E-state index contributed by atoms with van der Waals surface area (Å²) in [7, 11) is -3.30. The molecule has 1 amide bonds. The second-order valence-corrected chi connectivity index (χ2v) is 6.94. The van der Waals surface area contributed by atoms with Gasteiger partial charge in [0.1, 0.15) is 5.76 Å². The minimum absolute atomic E-state index is 0. The summed E-state index contributed by atoms with van der Waals surface area (Å²) in [6, 6.07) is 10.5. The van der Waals surface area contributed by atoms with Crippen molar-refractivity contribution in [2.45, 2.75) is 13.0 Å². The molecule has 0 fully saturated rings. The van der Waals surface area contributed by atoms with Gasteiger partial charge in [0.25, 0.3) is 5.91 Å². The van der Waals surface area contributed by atoms with Gasteiger partial charge in [-0.25, -0.2) is 13.1 Å². The maximum Gasteiger partial charge on any atom is 0.287 e. The first-order chi connectivity index (χ1) is 10.8. The average molecular weight is 374 g/mol. The molecule has 0 saturated carbocycles. The molecule has 2 aromatic rings. The Hall–Kier alpha value is -2.03. The van der Waals surface area contributed by atoms with Crippen LogP contribution >= 0.6 is 12.4 Å². The topological polar surface area (TPSA) is 114 Å². The van der Waals surface area contributed by atoms with E-state index in [4.69, 9.17) is 10.2 Å². The van der Waals surface area contributed by atoms with Gasteiger partial charge in [-0.3, -0.25) is 4.79 Å². The summed E-state index contributed by atoms with van der Waals surface area (Å²) >= 11 is 0. The zero-order valence-electron chi connectivity index (χ0n) is 13.1. The second kappa shape index (κ2) is 8.72. The summed E-state index contributed by atoms with van der Waals surface area (Å²) in [6.07, 6.45) is 1.73. The Morgan fingerprint density at radius 3 is 2.46 bits per heavy atom. The van der Waals surface area contributed by atoms with Crippen LogP contribution in [0.15, 0.2) is 40.8 Å². The zero-order valence-corrected chi connectivity index (χ0v) is 14.7. The van der Waals surface area contributed by atoms with Crippen LogP contribution in [0.1, 0.15) is 21.9 Å². The molecular formula is C15H20ClN3O4S. The number of carbonyl (C=O) groups excluding carboxylic acids is 1. The average Bonchev–Trinajstić information content (AvgIpc) is 2.95. The fourth-order valence-electron chi connectivity index (χ4n) is 1.89. The van der Waals surface area contributed by atoms with Crippen LogP contribution in [0.4, 0.5) is 5.69 Å². The largest absolute Gasteiger partial charge is 0.455 e. The van der Waals surface area contributed by atoms with Gasteiger partial charge in [0.2, 0.25) is 10.0 Å². The predicted octanol–water partition coefficient (Wildman–Crippen LogP) is 1.31. The number of rotatable bonds is 7. The summed E-state index contributed by atoms with van der Waals surface area (Å²) in [6.45, 7) is 0.470. The van der Waals surface area contributed by atoms with E-state index >= 15 is 0 Å². The molecule has 4 N–H and O–H groups in total. The van der Waals surface area contributed by atoms with Crippen molar-refractivity contribution in [3.8, 4) is 0 Å². The molecule has 0 atom stereocenters. The minimum Gasteiger partial charge on any atom is -0.455 e. The molecule has 24 heavy (non-hydrogen) atoms. The molecule has 0 radical (unpaired) electrons. The van der Waals surface area contributed by atoms with Gasteiger partial charge in [0.05, 0.1) is 12.8 Å². The Morgan fingerprint density at radius 1 is 1.17 bits per heavy atom. The summed E-state index contributed by atoms with van der Waals surface area (Å²) in [5, 5.41) is 2.75. The molecule has 0 aliphatic carbocycles. The van der Waals surface area contributed by atoms with Crippen molar-refractivity contribution in [2.75, 3.05) is 18.5 Å². The van der Waals surface area contributed by atoms with Gasteiger partial charge in [0.15, 0.2) is 5.76 Å². The molecule has 0 aliphatic heterocycles. The number of halogens is 1. The quantitative estimate of drug-likeness (QED) is 0.633. The van der Waals surface area contributed by atoms with Crippen molar-refractivity contribution < 1.29 is 17.6 Å². The number of nitrogens with one attached hydrogen (secondary N) is 2. The Bertz CT molecular complexity index is 772. The van der Waals surface area contributed by atoms with Crippen molar-refractivity contribution in [3.05, 3.63) is 53.5 Å². The smallest absolute Gasteiger partial charge is 0.287 e. The van der Waals surface area contributed by atoms with Crippen LogP contribution in [0.5, 0.6) is 0 Å². The molecule has 1 heterocycles. The van der Waals surface area contributed by atoms with Crippen molar-refractivity contribution in [2.24, 2.45) is 0 Å². The van der Waals surface area contributed by atoms with Gasteiger partial charge in [-0.2, -0.15) is 0 Å². The Kier molecular flexibility index (Phi) is 7.27. The lowest BCUT2D eigenvalue weighted by Crippen LogP contribution is -2.25. The lowest BCUT2D eigenvalue weighted by molar-refractivity contribution is 0.0924. The van der Waals surface area contributed by atoms with E-state index in [0.717, 1.165) is 11.8 Å². The Morgan fingerprint density at radius 2 is 1.83 bits per heavy atom. The molecule has 0 unspecified atom stereocenters. The van der Waals surface area contributed by atoms with Crippen molar-refractivity contribution in [3.63, 3.8) is 0 Å². The Labute approximate surface area is 147 Å². The van der Waals surface area contributed by atoms with Crippen LogP contribution in [0.3, 0.4) is 0 Å². The van der Waals surface area contributed by atoms with E-state index in [-0.39, 0.29) is 30.6 Å². The Balaban J connectivity index is 0.00000288. The van der Waals surface area contributed by atoms with E-state index in [2.05, 4.69) is 10.0 Å². The first-order valence-electron chi connectivity index (χ1n) is 6.99. The van der Waals surface area contributed by atoms with Crippen molar-refractivity contribution >= 4 is 34.0 Å². The second-order valence-electron chi connectivity index (χ2n) is 5.11. The first-order valence-corrected chi connectivity index (χ1v) is 8.88. The number of anilines is 1. The number of carbonyl (C=O) groups is 1. The molecule has 0 bridgehead atoms. The van der Waals surface area contributed by atoms with Gasteiger partial charge in [0, 0.05) is 12.2 Å². The number of benzene rings is 1. The number of hydrogen-bond donors (Lipinski definition) is 3.